The summed E-state index contributed by atoms with van der Waals surface area (Å²) in [5.74, 6) is -1.28. The van der Waals surface area contributed by atoms with Crippen molar-refractivity contribution in [2.75, 3.05) is 0 Å². The molecule has 0 aliphatic carbocycles. The number of fused-ring (bicyclic) bond motifs is 1. The molecule has 0 fully saturated rings. The zero-order valence-corrected chi connectivity index (χ0v) is 24.0. The fourth-order valence-corrected chi connectivity index (χ4v) is 5.05. The predicted molar refractivity (Wildman–Crippen MR) is 153 cm³/mol. The van der Waals surface area contributed by atoms with Gasteiger partial charge in [-0.1, -0.05) is 0 Å². The summed E-state index contributed by atoms with van der Waals surface area (Å²) in [5, 5.41) is 12.2. The van der Waals surface area contributed by atoms with Crippen molar-refractivity contribution in [3.05, 3.63) is 94.3 Å². The van der Waals surface area contributed by atoms with Crippen molar-refractivity contribution in [1.29, 1.82) is 5.26 Å². The van der Waals surface area contributed by atoms with Crippen molar-refractivity contribution < 1.29 is 31.8 Å². The average molecular weight is 608 g/mol. The van der Waals surface area contributed by atoms with Gasteiger partial charge in [-0.15, -0.1) is 0 Å². The van der Waals surface area contributed by atoms with Crippen LogP contribution >= 0.6 is 0 Å². The van der Waals surface area contributed by atoms with E-state index in [4.69, 9.17) is 9.92 Å². The Morgan fingerprint density at radius 1 is 1.16 bits per heavy atom. The van der Waals surface area contributed by atoms with Crippen LogP contribution in [0.4, 0.5) is 17.6 Å². The number of aromatic nitrogens is 2. The van der Waals surface area contributed by atoms with Crippen LogP contribution in [0.1, 0.15) is 83.6 Å². The van der Waals surface area contributed by atoms with Gasteiger partial charge in [0.05, 0.1) is 0 Å². The third kappa shape index (κ3) is 7.40. The van der Waals surface area contributed by atoms with E-state index in [1.165, 1.54) is 46.6 Å². The Balaban J connectivity index is 1.74. The van der Waals surface area contributed by atoms with Crippen LogP contribution in [0.2, 0.25) is 0 Å². The second-order valence-electron chi connectivity index (χ2n) is 10.2. The molecule has 44 heavy (non-hydrogen) atoms. The second-order valence-corrected chi connectivity index (χ2v) is 10.2. The van der Waals surface area contributed by atoms with Gasteiger partial charge in [0.1, 0.15) is 0 Å². The Morgan fingerprint density at radius 2 is 1.80 bits per heavy atom. The maximum absolute atomic E-state index is 14.2. The number of hydrogen-bond acceptors (Lipinski definition) is 7. The van der Waals surface area contributed by atoms with E-state index in [9.17, 15) is 27.2 Å². The molecule has 1 aliphatic heterocycles. The van der Waals surface area contributed by atoms with Crippen molar-refractivity contribution in [1.82, 2.24) is 25.1 Å². The van der Waals surface area contributed by atoms with Gasteiger partial charge in [-0.25, -0.2) is 0 Å². The summed E-state index contributed by atoms with van der Waals surface area (Å²) in [5.41, 5.74) is 0.305. The van der Waals surface area contributed by atoms with E-state index in [0.29, 0.717) is 42.6 Å². The van der Waals surface area contributed by atoms with Crippen molar-refractivity contribution in [2.45, 2.75) is 64.5 Å². The molecule has 0 saturated heterocycles. The number of nitrogens with zero attached hydrogens (tertiary/aromatic N) is 5. The third-order valence-corrected chi connectivity index (χ3v) is 7.31. The Labute approximate surface area is 252 Å². The maximum atomic E-state index is 14.2. The third-order valence-electron chi connectivity index (χ3n) is 7.31. The first kappa shape index (κ1) is 32.1. The van der Waals surface area contributed by atoms with Gasteiger partial charge in [0.2, 0.25) is 0 Å². The molecule has 2 heterocycles. The van der Waals surface area contributed by atoms with Crippen LogP contribution in [-0.4, -0.2) is 44.9 Å². The SMILES string of the molecule is CCCCC(c1ccc(C(F)(F)F)c(C(=O)N2Cc3nccnc3C2)c1)N(C=O)C(=BOC#N)NC(C)c1ccc(F)cc1. The number of halogens is 4. The van der Waals surface area contributed by atoms with Crippen LogP contribution in [-0.2, 0) is 28.7 Å². The number of rotatable bonds is 12. The number of carbonyl (C=O) groups is 2. The zero-order valence-electron chi connectivity index (χ0n) is 24.0. The van der Waals surface area contributed by atoms with E-state index >= 15 is 0 Å². The quantitative estimate of drug-likeness (QED) is 0.133. The van der Waals surface area contributed by atoms with Gasteiger partial charge in [0, 0.05) is 0 Å². The number of nitrogens with one attached hydrogen (secondary N) is 1. The normalized spacial score (nSPS) is 14.1. The first-order valence-corrected chi connectivity index (χ1v) is 13.9. The molecule has 0 bridgehead atoms. The molecule has 228 valence electrons. The number of carbonyl (C=O) groups excluding carboxylic acids is 2. The number of unbranched alkanes of at least 4 members (excludes halogenated alkanes) is 1. The van der Waals surface area contributed by atoms with E-state index in [-0.39, 0.29) is 24.4 Å². The van der Waals surface area contributed by atoms with Gasteiger partial charge in [-0.3, -0.25) is 0 Å². The Bertz CT molecular complexity index is 1540. The Hall–Kier alpha value is -4.80. The molecule has 3 aromatic rings. The summed E-state index contributed by atoms with van der Waals surface area (Å²) in [4.78, 5) is 37.0. The summed E-state index contributed by atoms with van der Waals surface area (Å²) < 4.78 is 60.8. The van der Waals surface area contributed by atoms with Crippen LogP contribution in [0.3, 0.4) is 0 Å². The van der Waals surface area contributed by atoms with Crippen molar-refractivity contribution >= 4 is 25.2 Å². The van der Waals surface area contributed by atoms with Crippen LogP contribution in [0, 0.1) is 17.3 Å². The molecule has 2 amide bonds. The molecule has 1 aliphatic rings. The molecule has 1 aromatic heterocycles. The number of amides is 2. The van der Waals surface area contributed by atoms with Gasteiger partial charge in [0.15, 0.2) is 0 Å². The first-order valence-electron chi connectivity index (χ1n) is 13.9. The molecule has 0 radical (unpaired) electrons. The van der Waals surface area contributed by atoms with E-state index < -0.39 is 41.1 Å². The molecule has 1 N–H and O–H groups in total. The van der Waals surface area contributed by atoms with E-state index in [1.54, 1.807) is 19.1 Å². The summed E-state index contributed by atoms with van der Waals surface area (Å²) in [7, 11) is 1.02. The summed E-state index contributed by atoms with van der Waals surface area (Å²) in [6.45, 7) is 3.67. The van der Waals surface area contributed by atoms with Crippen molar-refractivity contribution in [3.8, 4) is 6.26 Å². The molecule has 2 atom stereocenters. The molecule has 4 rings (SSSR count). The fraction of sp³-hybridized carbons (Fsp3) is 0.333. The zero-order chi connectivity index (χ0) is 31.9. The van der Waals surface area contributed by atoms with E-state index in [0.717, 1.165) is 19.3 Å². The fourth-order valence-electron chi connectivity index (χ4n) is 5.05. The van der Waals surface area contributed by atoms with Gasteiger partial charge in [0.25, 0.3) is 0 Å². The molecule has 0 saturated carbocycles. The molecule has 0 spiro atoms. The first-order chi connectivity index (χ1) is 21.1. The molecule has 9 nitrogen and oxygen atoms in total. The Kier molecular flexibility index (Phi) is 10.3. The van der Waals surface area contributed by atoms with E-state index in [1.807, 2.05) is 6.92 Å². The average Bonchev–Trinajstić information content (AvgIpc) is 3.45. The van der Waals surface area contributed by atoms with Crippen LogP contribution < -0.4 is 5.32 Å². The molecular formula is C30H29BF4N6O3. The summed E-state index contributed by atoms with van der Waals surface area (Å²) >= 11 is 0. The van der Waals surface area contributed by atoms with Crippen molar-refractivity contribution in [2.24, 2.45) is 0 Å². The van der Waals surface area contributed by atoms with Crippen molar-refractivity contribution in [3.63, 3.8) is 0 Å². The molecule has 2 unspecified atom stereocenters. The van der Waals surface area contributed by atoms with Gasteiger partial charge in [-0.2, -0.15) is 0 Å². The molecule has 2 aromatic carbocycles. The topological polar surface area (TPSA) is 111 Å². The van der Waals surface area contributed by atoms with Gasteiger partial charge < -0.3 is 0 Å². The molecule has 14 heteroatoms. The number of hydrogen-bond donors (Lipinski definition) is 1. The van der Waals surface area contributed by atoms with E-state index in [2.05, 4.69) is 15.3 Å². The minimum atomic E-state index is -4.83. The Morgan fingerprint density at radius 3 is 2.36 bits per heavy atom. The standard InChI is InChI=1S/C30H29BF4N6O3/c1-3-4-5-27(41(18-42)29(31-44-17-36)39-19(2)20-6-9-22(32)10-7-20)21-8-11-24(30(33,34)35)23(14-21)28(43)40-15-25-26(16-40)38-13-12-37-25/h6-14,18-19,27,39H,3-5,15-16H2,1-2H3. The van der Waals surface area contributed by atoms with Gasteiger partial charge in [-0.05, 0) is 0 Å². The van der Waals surface area contributed by atoms with Crippen LogP contribution in [0.15, 0.2) is 54.9 Å². The minimum absolute atomic E-state index is 0.00678. The van der Waals surface area contributed by atoms with Crippen LogP contribution in [0.5, 0.6) is 0 Å². The molecular weight excluding hydrogens is 579 g/mol. The number of nitriles is 1. The second kappa shape index (κ2) is 14.1. The van der Waals surface area contributed by atoms with Crippen LogP contribution in [0.25, 0.3) is 0 Å². The summed E-state index contributed by atoms with van der Waals surface area (Å²) in [6, 6.07) is 7.54. The monoisotopic (exact) mass is 608 g/mol. The van der Waals surface area contributed by atoms with Gasteiger partial charge >= 0.3 is 252 Å². The predicted octanol–water partition coefficient (Wildman–Crippen LogP) is 5.04. The summed E-state index contributed by atoms with van der Waals surface area (Å²) in [6.07, 6.45) is 1.66. The number of alkyl halides is 3. The number of benzene rings is 2.